The van der Waals surface area contributed by atoms with E-state index in [1.54, 1.807) is 7.05 Å². The van der Waals surface area contributed by atoms with Gasteiger partial charge in [0, 0.05) is 32.0 Å². The van der Waals surface area contributed by atoms with E-state index in [0.717, 1.165) is 0 Å². The zero-order valence-electron chi connectivity index (χ0n) is 13.2. The normalized spacial score (nSPS) is 27.6. The highest BCUT2D eigenvalue weighted by Crippen LogP contribution is 2.50. The topological polar surface area (TPSA) is 84.7 Å². The van der Waals surface area contributed by atoms with Crippen LogP contribution in [0.25, 0.3) is 0 Å². The predicted molar refractivity (Wildman–Crippen MR) is 77.1 cm³/mol. The first-order chi connectivity index (χ1) is 9.20. The smallest absolute Gasteiger partial charge is 0.243 e. The van der Waals surface area contributed by atoms with Crippen molar-refractivity contribution in [2.75, 3.05) is 26.7 Å². The molecule has 2 unspecified atom stereocenters. The van der Waals surface area contributed by atoms with E-state index in [1.807, 2.05) is 27.7 Å². The fraction of sp³-hybridized carbons (Fsp3) is 0.857. The molecule has 0 bridgehead atoms. The van der Waals surface area contributed by atoms with E-state index in [1.165, 1.54) is 4.90 Å². The fourth-order valence-electron chi connectivity index (χ4n) is 2.68. The van der Waals surface area contributed by atoms with E-state index in [2.05, 4.69) is 5.32 Å². The molecule has 3 N–H and O–H groups in total. The van der Waals surface area contributed by atoms with Crippen molar-refractivity contribution in [3.8, 4) is 0 Å². The summed E-state index contributed by atoms with van der Waals surface area (Å²) >= 11 is 0. The molecule has 1 fully saturated rings. The van der Waals surface area contributed by atoms with E-state index < -0.39 is 11.0 Å². The third-order valence-electron chi connectivity index (χ3n) is 4.31. The van der Waals surface area contributed by atoms with Gasteiger partial charge in [-0.05, 0) is 13.8 Å². The van der Waals surface area contributed by atoms with Crippen molar-refractivity contribution in [3.05, 3.63) is 0 Å². The maximum atomic E-state index is 12.5. The van der Waals surface area contributed by atoms with E-state index >= 15 is 0 Å². The van der Waals surface area contributed by atoms with Crippen molar-refractivity contribution < 1.29 is 14.3 Å². The third kappa shape index (κ3) is 2.81. The molecule has 0 radical (unpaired) electrons. The van der Waals surface area contributed by atoms with Gasteiger partial charge >= 0.3 is 0 Å². The number of amides is 2. The van der Waals surface area contributed by atoms with Crippen LogP contribution in [0.5, 0.6) is 0 Å². The summed E-state index contributed by atoms with van der Waals surface area (Å²) in [6, 6.07) is 0. The molecule has 0 aliphatic heterocycles. The Morgan fingerprint density at radius 2 is 2.00 bits per heavy atom. The number of ether oxygens (including phenoxy) is 1. The lowest BCUT2D eigenvalue weighted by molar-refractivity contribution is -0.178. The van der Waals surface area contributed by atoms with Crippen LogP contribution < -0.4 is 11.1 Å². The number of nitrogens with zero attached hydrogens (tertiary/aromatic N) is 1. The second kappa shape index (κ2) is 6.10. The Hall–Kier alpha value is -1.14. The molecule has 116 valence electrons. The summed E-state index contributed by atoms with van der Waals surface area (Å²) < 4.78 is 5.61. The van der Waals surface area contributed by atoms with Crippen molar-refractivity contribution in [1.82, 2.24) is 10.2 Å². The average molecular weight is 285 g/mol. The lowest BCUT2D eigenvalue weighted by Crippen LogP contribution is -2.76. The summed E-state index contributed by atoms with van der Waals surface area (Å²) in [5, 5.41) is 2.67. The highest BCUT2D eigenvalue weighted by molar-refractivity contribution is 5.92. The Balaban J connectivity index is 2.70. The number of hydrogen-bond acceptors (Lipinski definition) is 4. The van der Waals surface area contributed by atoms with E-state index in [-0.39, 0.29) is 24.5 Å². The minimum Gasteiger partial charge on any atom is -0.378 e. The number of carbonyl (C=O) groups is 2. The van der Waals surface area contributed by atoms with Crippen LogP contribution in [0.15, 0.2) is 0 Å². The van der Waals surface area contributed by atoms with Crippen LogP contribution in [0.4, 0.5) is 0 Å². The number of hydrogen-bond donors (Lipinski definition) is 2. The van der Waals surface area contributed by atoms with Gasteiger partial charge in [0.2, 0.25) is 11.8 Å². The molecule has 1 rings (SSSR count). The molecule has 0 aromatic carbocycles. The van der Waals surface area contributed by atoms with Crippen LogP contribution in [-0.2, 0) is 14.3 Å². The maximum Gasteiger partial charge on any atom is 0.243 e. The first kappa shape index (κ1) is 16.9. The molecule has 0 aromatic rings. The number of rotatable bonds is 6. The van der Waals surface area contributed by atoms with Crippen molar-refractivity contribution in [1.29, 1.82) is 0 Å². The first-order valence-corrected chi connectivity index (χ1v) is 7.13. The summed E-state index contributed by atoms with van der Waals surface area (Å²) in [6.07, 6.45) is 0.478. The third-order valence-corrected chi connectivity index (χ3v) is 4.31. The Morgan fingerprint density at radius 1 is 1.40 bits per heavy atom. The van der Waals surface area contributed by atoms with Crippen molar-refractivity contribution >= 4 is 11.8 Å². The first-order valence-electron chi connectivity index (χ1n) is 7.13. The van der Waals surface area contributed by atoms with E-state index in [9.17, 15) is 9.59 Å². The van der Waals surface area contributed by atoms with Gasteiger partial charge in [-0.3, -0.25) is 9.59 Å². The molecule has 2 atom stereocenters. The molecule has 0 saturated heterocycles. The Bertz CT molecular complexity index is 384. The highest BCUT2D eigenvalue weighted by Gasteiger charge is 2.63. The van der Waals surface area contributed by atoms with Gasteiger partial charge in [0.15, 0.2) is 0 Å². The van der Waals surface area contributed by atoms with Crippen molar-refractivity contribution in [2.45, 2.75) is 45.8 Å². The number of nitrogens with one attached hydrogen (secondary N) is 1. The average Bonchev–Trinajstić information content (AvgIpc) is 2.37. The van der Waals surface area contributed by atoms with Gasteiger partial charge in [-0.25, -0.2) is 0 Å². The van der Waals surface area contributed by atoms with Crippen LogP contribution >= 0.6 is 0 Å². The van der Waals surface area contributed by atoms with Gasteiger partial charge in [0.1, 0.15) is 5.54 Å². The number of nitrogens with two attached hydrogens (primary N) is 1. The van der Waals surface area contributed by atoms with Crippen LogP contribution in [-0.4, -0.2) is 55.1 Å². The molecular weight excluding hydrogens is 258 g/mol. The van der Waals surface area contributed by atoms with Crippen LogP contribution in [0.2, 0.25) is 0 Å². The molecule has 2 amide bonds. The molecule has 0 heterocycles. The number of carbonyl (C=O) groups excluding carboxylic acids is 2. The van der Waals surface area contributed by atoms with E-state index in [0.29, 0.717) is 19.6 Å². The molecule has 1 aliphatic rings. The highest BCUT2D eigenvalue weighted by atomic mass is 16.5. The minimum absolute atomic E-state index is 0.0145. The lowest BCUT2D eigenvalue weighted by atomic mass is 9.54. The van der Waals surface area contributed by atoms with Crippen LogP contribution in [0.1, 0.15) is 34.1 Å². The van der Waals surface area contributed by atoms with Crippen molar-refractivity contribution in [2.24, 2.45) is 11.1 Å². The monoisotopic (exact) mass is 285 g/mol. The quantitative estimate of drug-likeness (QED) is 0.725. The summed E-state index contributed by atoms with van der Waals surface area (Å²) in [7, 11) is 1.61. The van der Waals surface area contributed by atoms with E-state index in [4.69, 9.17) is 10.5 Å². The van der Waals surface area contributed by atoms with Gasteiger partial charge in [0.05, 0.1) is 12.6 Å². The largest absolute Gasteiger partial charge is 0.378 e. The summed E-state index contributed by atoms with van der Waals surface area (Å²) in [6.45, 7) is 8.82. The lowest BCUT2D eigenvalue weighted by Gasteiger charge is -2.58. The number of likely N-dealkylation sites (N-methyl/N-ethyl adjacent to an activating group) is 2. The summed E-state index contributed by atoms with van der Waals surface area (Å²) in [5.41, 5.74) is 4.89. The van der Waals surface area contributed by atoms with Gasteiger partial charge < -0.3 is 20.7 Å². The molecule has 6 heteroatoms. The van der Waals surface area contributed by atoms with Gasteiger partial charge in [-0.15, -0.1) is 0 Å². The van der Waals surface area contributed by atoms with Crippen LogP contribution in [0.3, 0.4) is 0 Å². The van der Waals surface area contributed by atoms with Gasteiger partial charge in [0.25, 0.3) is 0 Å². The standard InChI is InChI=1S/C14H27N3O3/c1-6-16-11(18)9-17(5)12(19)14(15)8-10(20-7-2)13(14,3)4/h10H,6-9,15H2,1-5H3,(H,16,18). The summed E-state index contributed by atoms with van der Waals surface area (Å²) in [5.74, 6) is -0.379. The van der Waals surface area contributed by atoms with Crippen LogP contribution in [0, 0.1) is 5.41 Å². The Kier molecular flexibility index (Phi) is 5.15. The molecule has 0 spiro atoms. The van der Waals surface area contributed by atoms with Gasteiger partial charge in [-0.2, -0.15) is 0 Å². The second-order valence-corrected chi connectivity index (χ2v) is 5.96. The zero-order valence-corrected chi connectivity index (χ0v) is 13.2. The SMILES string of the molecule is CCNC(=O)CN(C)C(=O)C1(N)CC(OCC)C1(C)C. The second-order valence-electron chi connectivity index (χ2n) is 5.96. The Labute approximate surface area is 121 Å². The predicted octanol–water partition coefficient (Wildman–Crippen LogP) is 0.113. The summed E-state index contributed by atoms with van der Waals surface area (Å²) in [4.78, 5) is 25.5. The maximum absolute atomic E-state index is 12.5. The van der Waals surface area contributed by atoms with Gasteiger partial charge in [-0.1, -0.05) is 13.8 Å². The molecule has 6 nitrogen and oxygen atoms in total. The van der Waals surface area contributed by atoms with Crippen molar-refractivity contribution in [3.63, 3.8) is 0 Å². The molecule has 20 heavy (non-hydrogen) atoms. The minimum atomic E-state index is -0.964. The Morgan fingerprint density at radius 3 is 2.45 bits per heavy atom. The fourth-order valence-corrected chi connectivity index (χ4v) is 2.68. The molecular formula is C14H27N3O3. The molecule has 0 aromatic heterocycles. The molecule has 1 aliphatic carbocycles. The molecule has 1 saturated carbocycles. The zero-order chi connectivity index (χ0) is 15.6.